The van der Waals surface area contributed by atoms with Crippen molar-refractivity contribution in [2.24, 2.45) is 0 Å². The highest BCUT2D eigenvalue weighted by Gasteiger charge is 1.97. The van der Waals surface area contributed by atoms with Crippen molar-refractivity contribution < 1.29 is 0 Å². The fraction of sp³-hybridized carbons (Fsp3) is 0.667. The highest BCUT2D eigenvalue weighted by Crippen LogP contribution is 2.04. The Balaban J connectivity index is 2.27. The standard InChI is InChI=1S/C12H21N2/c1-3-5-7-8-12-9-11-14(13-12)10-6-4-2/h9,11H,1,3-8,10H2,2H3. The lowest BCUT2D eigenvalue weighted by molar-refractivity contribution is 0.562. The molecule has 1 rings (SSSR count). The second-order valence-electron chi connectivity index (χ2n) is 3.73. The molecule has 2 heteroatoms. The summed E-state index contributed by atoms with van der Waals surface area (Å²) in [6, 6.07) is 2.14. The van der Waals surface area contributed by atoms with E-state index >= 15 is 0 Å². The van der Waals surface area contributed by atoms with Gasteiger partial charge in [0.25, 0.3) is 0 Å². The molecule has 0 amide bonds. The molecule has 0 atom stereocenters. The van der Waals surface area contributed by atoms with Crippen LogP contribution in [0.1, 0.15) is 44.7 Å². The zero-order valence-corrected chi connectivity index (χ0v) is 9.21. The summed E-state index contributed by atoms with van der Waals surface area (Å²) in [4.78, 5) is 0. The molecule has 0 aliphatic carbocycles. The Labute approximate surface area is 87.3 Å². The minimum absolute atomic E-state index is 1.04. The van der Waals surface area contributed by atoms with E-state index < -0.39 is 0 Å². The fourth-order valence-corrected chi connectivity index (χ4v) is 1.46. The van der Waals surface area contributed by atoms with E-state index in [-0.39, 0.29) is 0 Å². The molecule has 1 radical (unpaired) electrons. The zero-order valence-electron chi connectivity index (χ0n) is 9.21. The summed E-state index contributed by atoms with van der Waals surface area (Å²) in [5, 5.41) is 4.52. The van der Waals surface area contributed by atoms with Crippen LogP contribution >= 0.6 is 0 Å². The monoisotopic (exact) mass is 193 g/mol. The number of hydrogen-bond donors (Lipinski definition) is 0. The molecular weight excluding hydrogens is 172 g/mol. The van der Waals surface area contributed by atoms with Gasteiger partial charge in [-0.25, -0.2) is 0 Å². The van der Waals surface area contributed by atoms with E-state index in [1.807, 2.05) is 0 Å². The van der Waals surface area contributed by atoms with Gasteiger partial charge in [0, 0.05) is 12.7 Å². The topological polar surface area (TPSA) is 17.8 Å². The van der Waals surface area contributed by atoms with E-state index in [9.17, 15) is 0 Å². The summed E-state index contributed by atoms with van der Waals surface area (Å²) in [7, 11) is 0. The van der Waals surface area contributed by atoms with Crippen LogP contribution in [0.15, 0.2) is 12.3 Å². The van der Waals surface area contributed by atoms with Gasteiger partial charge in [-0.2, -0.15) is 5.10 Å². The summed E-state index contributed by atoms with van der Waals surface area (Å²) < 4.78 is 2.06. The smallest absolute Gasteiger partial charge is 0.0624 e. The van der Waals surface area contributed by atoms with E-state index in [0.717, 1.165) is 19.4 Å². The Kier molecular flexibility index (Phi) is 5.35. The van der Waals surface area contributed by atoms with Crippen LogP contribution in [0, 0.1) is 6.92 Å². The van der Waals surface area contributed by atoms with Crippen molar-refractivity contribution in [3.63, 3.8) is 0 Å². The molecule has 0 N–H and O–H groups in total. The lowest BCUT2D eigenvalue weighted by atomic mass is 10.2. The molecule has 0 spiro atoms. The minimum atomic E-state index is 1.04. The maximum Gasteiger partial charge on any atom is 0.0624 e. The fourth-order valence-electron chi connectivity index (χ4n) is 1.46. The molecule has 14 heavy (non-hydrogen) atoms. The number of unbranched alkanes of at least 4 members (excludes halogenated alkanes) is 3. The van der Waals surface area contributed by atoms with Crippen molar-refractivity contribution in [3.05, 3.63) is 24.9 Å². The van der Waals surface area contributed by atoms with Gasteiger partial charge >= 0.3 is 0 Å². The van der Waals surface area contributed by atoms with Crippen LogP contribution < -0.4 is 0 Å². The number of aryl methyl sites for hydroxylation is 2. The van der Waals surface area contributed by atoms with Crippen LogP contribution in [-0.2, 0) is 13.0 Å². The third-order valence-corrected chi connectivity index (χ3v) is 2.37. The number of hydrogen-bond acceptors (Lipinski definition) is 1. The number of nitrogens with zero attached hydrogens (tertiary/aromatic N) is 2. The molecule has 2 nitrogen and oxygen atoms in total. The van der Waals surface area contributed by atoms with Gasteiger partial charge in [0.05, 0.1) is 5.69 Å². The van der Waals surface area contributed by atoms with Crippen molar-refractivity contribution >= 4 is 0 Å². The highest BCUT2D eigenvalue weighted by molar-refractivity contribution is 4.98. The first-order valence-corrected chi connectivity index (χ1v) is 5.68. The third kappa shape index (κ3) is 3.95. The average Bonchev–Trinajstić information content (AvgIpc) is 2.63. The molecular formula is C12H21N2. The maximum atomic E-state index is 4.52. The molecule has 0 fully saturated rings. The van der Waals surface area contributed by atoms with E-state index in [1.165, 1.54) is 31.4 Å². The quantitative estimate of drug-likeness (QED) is 0.608. The molecule has 0 bridgehead atoms. The molecule has 1 aromatic heterocycles. The Morgan fingerprint density at radius 2 is 2.21 bits per heavy atom. The molecule has 0 aromatic carbocycles. The van der Waals surface area contributed by atoms with Crippen molar-refractivity contribution in [3.8, 4) is 0 Å². The number of rotatable bonds is 7. The van der Waals surface area contributed by atoms with E-state index in [0.29, 0.717) is 0 Å². The third-order valence-electron chi connectivity index (χ3n) is 2.37. The normalized spacial score (nSPS) is 10.7. The van der Waals surface area contributed by atoms with Gasteiger partial charge in [-0.15, -0.1) is 0 Å². The summed E-state index contributed by atoms with van der Waals surface area (Å²) >= 11 is 0. The highest BCUT2D eigenvalue weighted by atomic mass is 15.3. The van der Waals surface area contributed by atoms with Crippen LogP contribution in [0.2, 0.25) is 0 Å². The van der Waals surface area contributed by atoms with E-state index in [4.69, 9.17) is 0 Å². The van der Waals surface area contributed by atoms with Gasteiger partial charge in [-0.05, 0) is 25.3 Å². The second-order valence-corrected chi connectivity index (χ2v) is 3.73. The first kappa shape index (κ1) is 11.3. The molecule has 1 heterocycles. The molecule has 1 aromatic rings. The maximum absolute atomic E-state index is 4.52. The van der Waals surface area contributed by atoms with Gasteiger partial charge in [0.15, 0.2) is 0 Å². The van der Waals surface area contributed by atoms with Crippen LogP contribution in [0.25, 0.3) is 0 Å². The lowest BCUT2D eigenvalue weighted by Crippen LogP contribution is -1.99. The Hall–Kier alpha value is -0.790. The molecule has 79 valence electrons. The Morgan fingerprint density at radius 1 is 1.36 bits per heavy atom. The summed E-state index contributed by atoms with van der Waals surface area (Å²) in [5.41, 5.74) is 1.23. The average molecular weight is 193 g/mol. The van der Waals surface area contributed by atoms with E-state index in [1.54, 1.807) is 0 Å². The van der Waals surface area contributed by atoms with Crippen LogP contribution in [0.5, 0.6) is 0 Å². The summed E-state index contributed by atoms with van der Waals surface area (Å²) in [6.45, 7) is 7.11. The molecule has 0 aliphatic heterocycles. The van der Waals surface area contributed by atoms with Crippen LogP contribution in [0.3, 0.4) is 0 Å². The van der Waals surface area contributed by atoms with Gasteiger partial charge in [-0.3, -0.25) is 4.68 Å². The van der Waals surface area contributed by atoms with Gasteiger partial charge < -0.3 is 0 Å². The predicted octanol–water partition coefficient (Wildman–Crippen LogP) is 3.23. The van der Waals surface area contributed by atoms with Crippen molar-refractivity contribution in [2.75, 3.05) is 0 Å². The van der Waals surface area contributed by atoms with Crippen molar-refractivity contribution in [2.45, 2.75) is 52.0 Å². The van der Waals surface area contributed by atoms with E-state index in [2.05, 4.69) is 35.9 Å². The van der Waals surface area contributed by atoms with Gasteiger partial charge in [0.2, 0.25) is 0 Å². The first-order chi connectivity index (χ1) is 6.86. The SMILES string of the molecule is [CH2]CCCCc1ccn(CCCC)n1. The lowest BCUT2D eigenvalue weighted by Gasteiger charge is -1.98. The predicted molar refractivity (Wildman–Crippen MR) is 60.0 cm³/mol. The Morgan fingerprint density at radius 3 is 2.93 bits per heavy atom. The molecule has 0 saturated heterocycles. The largest absolute Gasteiger partial charge is 0.272 e. The minimum Gasteiger partial charge on any atom is -0.272 e. The molecule has 0 unspecified atom stereocenters. The van der Waals surface area contributed by atoms with Gasteiger partial charge in [0.1, 0.15) is 0 Å². The number of aromatic nitrogens is 2. The summed E-state index contributed by atoms with van der Waals surface area (Å²) in [5.74, 6) is 0. The van der Waals surface area contributed by atoms with Crippen molar-refractivity contribution in [1.29, 1.82) is 0 Å². The van der Waals surface area contributed by atoms with Crippen LogP contribution in [-0.4, -0.2) is 9.78 Å². The van der Waals surface area contributed by atoms with Gasteiger partial charge in [-0.1, -0.05) is 33.1 Å². The molecule has 0 saturated carbocycles. The summed E-state index contributed by atoms with van der Waals surface area (Å²) in [6.07, 6.45) is 9.12. The molecule has 0 aliphatic rings. The second kappa shape index (κ2) is 6.63. The zero-order chi connectivity index (χ0) is 10.2. The Bertz CT molecular complexity index is 240. The van der Waals surface area contributed by atoms with Crippen molar-refractivity contribution in [1.82, 2.24) is 9.78 Å². The van der Waals surface area contributed by atoms with Crippen LogP contribution in [0.4, 0.5) is 0 Å². The first-order valence-electron chi connectivity index (χ1n) is 5.68.